The summed E-state index contributed by atoms with van der Waals surface area (Å²) >= 11 is 6.72. The zero-order valence-electron chi connectivity index (χ0n) is 19.3. The van der Waals surface area contributed by atoms with Crippen LogP contribution in [0.1, 0.15) is 30.0 Å². The summed E-state index contributed by atoms with van der Waals surface area (Å²) in [7, 11) is 0. The highest BCUT2D eigenvalue weighted by molar-refractivity contribution is 8.18. The number of likely N-dealkylation sites (N-methyl/N-ethyl adjacent to an activating group) is 1. The van der Waals surface area contributed by atoms with E-state index in [-0.39, 0.29) is 34.3 Å². The number of likely N-dealkylation sites (tertiary alicyclic amines) is 1. The van der Waals surface area contributed by atoms with E-state index in [1.807, 2.05) is 0 Å². The fraction of sp³-hybridized carbons (Fsp3) is 0.320. The molecule has 2 fully saturated rings. The molecule has 0 aliphatic carbocycles. The van der Waals surface area contributed by atoms with E-state index in [1.165, 1.54) is 21.7 Å². The van der Waals surface area contributed by atoms with E-state index in [9.17, 15) is 22.8 Å². The van der Waals surface area contributed by atoms with Crippen molar-refractivity contribution in [3.63, 3.8) is 0 Å². The molecule has 6 nitrogen and oxygen atoms in total. The molecule has 1 unspecified atom stereocenters. The first kappa shape index (κ1) is 24.9. The summed E-state index contributed by atoms with van der Waals surface area (Å²) in [6.07, 6.45) is -0.519. The van der Waals surface area contributed by atoms with Crippen LogP contribution < -0.4 is 0 Å². The number of imide groups is 1. The molecule has 2 saturated heterocycles. The third kappa shape index (κ3) is 4.77. The van der Waals surface area contributed by atoms with E-state index in [0.29, 0.717) is 27.9 Å². The Morgan fingerprint density at radius 1 is 1.19 bits per heavy atom. The molecule has 3 heterocycles. The van der Waals surface area contributed by atoms with E-state index in [4.69, 9.17) is 11.6 Å². The molecule has 2 amide bonds. The highest BCUT2D eigenvalue weighted by atomic mass is 35.5. The van der Waals surface area contributed by atoms with Crippen LogP contribution in [0.4, 0.5) is 18.0 Å². The predicted molar refractivity (Wildman–Crippen MR) is 134 cm³/mol. The molecular weight excluding hydrogens is 513 g/mol. The maximum atomic E-state index is 13.5. The van der Waals surface area contributed by atoms with Gasteiger partial charge in [-0.15, -0.1) is 0 Å². The molecule has 0 saturated carbocycles. The first-order chi connectivity index (χ1) is 17.1. The van der Waals surface area contributed by atoms with Crippen molar-refractivity contribution in [2.45, 2.75) is 32.1 Å². The Morgan fingerprint density at radius 2 is 2.00 bits per heavy atom. The number of alkyl halides is 3. The van der Waals surface area contributed by atoms with Crippen LogP contribution in [0, 0.1) is 0 Å². The average molecular weight is 535 g/mol. The summed E-state index contributed by atoms with van der Waals surface area (Å²) < 4.78 is 42.0. The molecule has 0 N–H and O–H groups in total. The van der Waals surface area contributed by atoms with Gasteiger partial charge in [0, 0.05) is 23.5 Å². The quantitative estimate of drug-likeness (QED) is 0.382. The first-order valence-electron chi connectivity index (χ1n) is 11.4. The Morgan fingerprint density at radius 3 is 2.72 bits per heavy atom. The Hall–Kier alpha value is -2.82. The molecule has 0 radical (unpaired) electrons. The number of amides is 2. The molecule has 0 bridgehead atoms. The van der Waals surface area contributed by atoms with Crippen LogP contribution in [0.15, 0.2) is 47.5 Å². The van der Waals surface area contributed by atoms with Crippen molar-refractivity contribution in [3.05, 3.63) is 69.2 Å². The molecule has 0 spiro atoms. The minimum Gasteiger partial charge on any atom is -0.301 e. The molecular formula is C25H22ClF3N4O2S. The highest BCUT2D eigenvalue weighted by Gasteiger charge is 2.42. The fourth-order valence-corrected chi connectivity index (χ4v) is 5.76. The third-order valence-corrected chi connectivity index (χ3v) is 7.66. The lowest BCUT2D eigenvalue weighted by molar-refractivity contribution is -0.138. The number of nitrogens with zero attached hydrogens (tertiary/aromatic N) is 4. The number of hydrogen-bond donors (Lipinski definition) is 0. The lowest BCUT2D eigenvalue weighted by Crippen LogP contribution is -2.40. The summed E-state index contributed by atoms with van der Waals surface area (Å²) in [6.45, 7) is 4.41. The second-order valence-corrected chi connectivity index (χ2v) is 10.2. The van der Waals surface area contributed by atoms with Gasteiger partial charge in [-0.1, -0.05) is 30.7 Å². The number of carbonyl (C=O) groups excluding carboxylic acids is 2. The lowest BCUT2D eigenvalue weighted by atomic mass is 10.1. The van der Waals surface area contributed by atoms with Gasteiger partial charge in [0.05, 0.1) is 34.8 Å². The minimum absolute atomic E-state index is 0.0149. The molecule has 1 aromatic heterocycles. The number of thioether (sulfide) groups is 1. The summed E-state index contributed by atoms with van der Waals surface area (Å²) in [6, 6.07) is 8.89. The van der Waals surface area contributed by atoms with Crippen molar-refractivity contribution in [3.8, 4) is 0 Å². The van der Waals surface area contributed by atoms with Crippen molar-refractivity contribution in [2.24, 2.45) is 0 Å². The SMILES string of the molecule is CCN1CCC(N2C(=O)SC(=Cc3ccc4c(cnn4Cc4ccc(Cl)cc4C(F)(F)F)c3)C2=O)C1. The van der Waals surface area contributed by atoms with E-state index >= 15 is 0 Å². The van der Waals surface area contributed by atoms with Gasteiger partial charge in [0.1, 0.15) is 0 Å². The number of carbonyl (C=O) groups is 2. The van der Waals surface area contributed by atoms with Gasteiger partial charge < -0.3 is 4.90 Å². The van der Waals surface area contributed by atoms with Crippen LogP contribution in [0.2, 0.25) is 5.02 Å². The van der Waals surface area contributed by atoms with Crippen molar-refractivity contribution in [1.29, 1.82) is 0 Å². The third-order valence-electron chi connectivity index (χ3n) is 6.54. The summed E-state index contributed by atoms with van der Waals surface area (Å²) in [5, 5.41) is 4.74. The molecule has 5 rings (SSSR count). The van der Waals surface area contributed by atoms with Crippen LogP contribution in [-0.4, -0.2) is 56.4 Å². The topological polar surface area (TPSA) is 58.4 Å². The van der Waals surface area contributed by atoms with Crippen molar-refractivity contribution in [1.82, 2.24) is 19.6 Å². The van der Waals surface area contributed by atoms with Gasteiger partial charge in [0.15, 0.2) is 0 Å². The van der Waals surface area contributed by atoms with Crippen LogP contribution in [0.5, 0.6) is 0 Å². The first-order valence-corrected chi connectivity index (χ1v) is 12.6. The van der Waals surface area contributed by atoms with E-state index in [2.05, 4.69) is 16.9 Å². The zero-order chi connectivity index (χ0) is 25.6. The van der Waals surface area contributed by atoms with Crippen LogP contribution in [-0.2, 0) is 17.5 Å². The predicted octanol–water partition coefficient (Wildman–Crippen LogP) is 5.89. The number of rotatable bonds is 5. The monoisotopic (exact) mass is 534 g/mol. The van der Waals surface area contributed by atoms with Gasteiger partial charge in [0.2, 0.25) is 0 Å². The number of hydrogen-bond acceptors (Lipinski definition) is 5. The largest absolute Gasteiger partial charge is 0.416 e. The Bertz CT molecular complexity index is 1390. The molecule has 2 aromatic carbocycles. The molecule has 3 aromatic rings. The van der Waals surface area contributed by atoms with Crippen molar-refractivity contribution >= 4 is 51.5 Å². The maximum absolute atomic E-state index is 13.5. The number of aromatic nitrogens is 2. The second-order valence-electron chi connectivity index (χ2n) is 8.81. The average Bonchev–Trinajstić information content (AvgIpc) is 3.52. The van der Waals surface area contributed by atoms with Gasteiger partial charge in [-0.25, -0.2) is 0 Å². The Balaban J connectivity index is 1.38. The van der Waals surface area contributed by atoms with Gasteiger partial charge in [0.25, 0.3) is 11.1 Å². The molecule has 2 aliphatic rings. The highest BCUT2D eigenvalue weighted by Crippen LogP contribution is 2.37. The minimum atomic E-state index is -4.54. The van der Waals surface area contributed by atoms with Crippen LogP contribution >= 0.6 is 23.4 Å². The summed E-state index contributed by atoms with van der Waals surface area (Å²) in [5.41, 5.74) is 0.615. The van der Waals surface area contributed by atoms with E-state index < -0.39 is 11.7 Å². The van der Waals surface area contributed by atoms with Crippen molar-refractivity contribution in [2.75, 3.05) is 19.6 Å². The van der Waals surface area contributed by atoms with Gasteiger partial charge in [-0.2, -0.15) is 18.3 Å². The molecule has 188 valence electrons. The molecule has 1 atom stereocenters. The Labute approximate surface area is 214 Å². The van der Waals surface area contributed by atoms with Gasteiger partial charge >= 0.3 is 6.18 Å². The second kappa shape index (κ2) is 9.57. The number of fused-ring (bicyclic) bond motifs is 1. The summed E-state index contributed by atoms with van der Waals surface area (Å²) in [4.78, 5) is 29.5. The smallest absolute Gasteiger partial charge is 0.301 e. The number of halogens is 4. The standard InChI is InChI=1S/C25H22ClF3N4O2S/c1-2-31-8-7-19(14-31)33-23(34)22(36-24(33)35)10-15-3-6-21-17(9-15)12-30-32(21)13-16-4-5-18(26)11-20(16)25(27,28)29/h3-6,9-12,19H,2,7-8,13-14H2,1H3. The van der Waals surface area contributed by atoms with Crippen LogP contribution in [0.25, 0.3) is 17.0 Å². The van der Waals surface area contributed by atoms with Gasteiger partial charge in [-0.05, 0) is 66.2 Å². The number of benzene rings is 2. The fourth-order valence-electron chi connectivity index (χ4n) is 4.69. The van der Waals surface area contributed by atoms with E-state index in [0.717, 1.165) is 37.3 Å². The Kier molecular flexibility index (Phi) is 6.61. The normalized spacial score (nSPS) is 20.4. The van der Waals surface area contributed by atoms with Crippen molar-refractivity contribution < 1.29 is 22.8 Å². The zero-order valence-corrected chi connectivity index (χ0v) is 20.8. The molecule has 2 aliphatic heterocycles. The summed E-state index contributed by atoms with van der Waals surface area (Å²) in [5.74, 6) is -0.286. The molecule has 11 heteroatoms. The lowest BCUT2D eigenvalue weighted by Gasteiger charge is -2.21. The van der Waals surface area contributed by atoms with E-state index in [1.54, 1.807) is 30.5 Å². The van der Waals surface area contributed by atoms with Crippen LogP contribution in [0.3, 0.4) is 0 Å². The maximum Gasteiger partial charge on any atom is 0.416 e. The molecule has 36 heavy (non-hydrogen) atoms. The van der Waals surface area contributed by atoms with Gasteiger partial charge in [-0.3, -0.25) is 19.2 Å².